The summed E-state index contributed by atoms with van der Waals surface area (Å²) in [6.07, 6.45) is -8.17. The van der Waals surface area contributed by atoms with E-state index in [0.29, 0.717) is 24.5 Å². The number of pyridine rings is 1. The summed E-state index contributed by atoms with van der Waals surface area (Å²) in [6.45, 7) is 3.67. The molecule has 1 fully saturated rings. The Morgan fingerprint density at radius 1 is 0.957 bits per heavy atom. The van der Waals surface area contributed by atoms with Crippen LogP contribution >= 0.6 is 0 Å². The minimum atomic E-state index is -5.08. The maximum absolute atomic E-state index is 12.7. The van der Waals surface area contributed by atoms with Crippen molar-refractivity contribution < 1.29 is 65.7 Å². The Labute approximate surface area is 262 Å². The number of nitrogens with one attached hydrogen (secondary N) is 2. The monoisotopic (exact) mass is 676 g/mol. The number of fused-ring (bicyclic) bond motifs is 1. The predicted molar refractivity (Wildman–Crippen MR) is 151 cm³/mol. The second-order valence-corrected chi connectivity index (χ2v) is 9.99. The fraction of sp³-hybridized carbons (Fsp3) is 0.345. The summed E-state index contributed by atoms with van der Waals surface area (Å²) in [4.78, 5) is 46.4. The number of aliphatic carboxylic acids is 2. The van der Waals surface area contributed by atoms with Gasteiger partial charge in [-0.2, -0.15) is 26.3 Å². The van der Waals surface area contributed by atoms with Crippen LogP contribution in [0.1, 0.15) is 40.9 Å². The Kier molecular flexibility index (Phi) is 13.9. The third-order valence-corrected chi connectivity index (χ3v) is 6.30. The molecular formula is C29H30F6N4O8. The van der Waals surface area contributed by atoms with Gasteiger partial charge in [-0.15, -0.1) is 0 Å². The normalized spacial score (nSPS) is 14.9. The number of nitrogens with zero attached hydrogens (tertiary/aromatic N) is 2. The highest BCUT2D eigenvalue weighted by atomic mass is 19.4. The zero-order valence-electron chi connectivity index (χ0n) is 24.6. The summed E-state index contributed by atoms with van der Waals surface area (Å²) >= 11 is 0. The quantitative estimate of drug-likeness (QED) is 0.135. The van der Waals surface area contributed by atoms with Gasteiger partial charge < -0.3 is 14.9 Å². The maximum atomic E-state index is 12.7. The number of alkyl halides is 6. The third kappa shape index (κ3) is 13.1. The number of hydrogen-bond donors (Lipinski definition) is 5. The highest BCUT2D eigenvalue weighted by Gasteiger charge is 2.38. The molecule has 0 spiro atoms. The summed E-state index contributed by atoms with van der Waals surface area (Å²) in [5.74, 6) is -5.35. The number of piperidine rings is 1. The van der Waals surface area contributed by atoms with Crippen LogP contribution in [-0.2, 0) is 21.0 Å². The number of aromatic nitrogens is 1. The lowest BCUT2D eigenvalue weighted by molar-refractivity contribution is -0.193. The highest BCUT2D eigenvalue weighted by Crippen LogP contribution is 2.22. The predicted octanol–water partition coefficient (Wildman–Crippen LogP) is 4.64. The van der Waals surface area contributed by atoms with E-state index in [1.54, 1.807) is 29.7 Å². The van der Waals surface area contributed by atoms with Crippen molar-refractivity contribution in [3.05, 3.63) is 71.4 Å². The van der Waals surface area contributed by atoms with Gasteiger partial charge in [0.25, 0.3) is 5.91 Å². The van der Waals surface area contributed by atoms with E-state index in [9.17, 15) is 35.9 Å². The largest absolute Gasteiger partial charge is 0.490 e. The molecule has 0 unspecified atom stereocenters. The van der Waals surface area contributed by atoms with E-state index in [1.807, 2.05) is 42.3 Å². The minimum Gasteiger partial charge on any atom is -0.489 e. The minimum absolute atomic E-state index is 0.0925. The van der Waals surface area contributed by atoms with E-state index in [1.165, 1.54) is 0 Å². The zero-order chi connectivity index (χ0) is 35.4. The third-order valence-electron chi connectivity index (χ3n) is 6.30. The Balaban J connectivity index is 0.000000459. The SMILES string of the molecule is Cc1cc(COc2ccc(C(=O)NN3CCC[C@@H](CC(=O)NO)C3)cc2)c2ccccc2n1.O=C(O)C(F)(F)F.O=C(O)C(F)(F)F. The molecule has 1 aliphatic heterocycles. The molecule has 0 aliphatic carbocycles. The number of aryl methyl sites for hydroxylation is 1. The van der Waals surface area contributed by atoms with Crippen molar-refractivity contribution in [2.24, 2.45) is 5.92 Å². The number of benzene rings is 2. The average molecular weight is 677 g/mol. The molecule has 47 heavy (non-hydrogen) atoms. The van der Waals surface area contributed by atoms with E-state index in [0.717, 1.165) is 41.5 Å². The van der Waals surface area contributed by atoms with Crippen LogP contribution in [0.4, 0.5) is 26.3 Å². The molecule has 12 nitrogen and oxygen atoms in total. The van der Waals surface area contributed by atoms with Crippen molar-refractivity contribution in [1.29, 1.82) is 0 Å². The van der Waals surface area contributed by atoms with Crippen LogP contribution in [0.5, 0.6) is 5.75 Å². The fourth-order valence-electron chi connectivity index (χ4n) is 4.23. The lowest BCUT2D eigenvalue weighted by Gasteiger charge is -2.32. The molecule has 5 N–H and O–H groups in total. The van der Waals surface area contributed by atoms with Crippen molar-refractivity contribution >= 4 is 34.7 Å². The van der Waals surface area contributed by atoms with Crippen molar-refractivity contribution in [3.63, 3.8) is 0 Å². The van der Waals surface area contributed by atoms with Gasteiger partial charge in [0.2, 0.25) is 5.91 Å². The molecule has 1 aromatic heterocycles. The Bertz CT molecular complexity index is 1510. The van der Waals surface area contributed by atoms with Crippen LogP contribution in [0.15, 0.2) is 54.6 Å². The second kappa shape index (κ2) is 17.1. The Hall–Kier alpha value is -4.97. The molecule has 1 saturated heterocycles. The van der Waals surface area contributed by atoms with E-state index >= 15 is 0 Å². The van der Waals surface area contributed by atoms with Crippen LogP contribution in [0.25, 0.3) is 10.9 Å². The number of hydrogen-bond acceptors (Lipinski definition) is 8. The highest BCUT2D eigenvalue weighted by molar-refractivity contribution is 5.94. The first-order chi connectivity index (χ1) is 21.9. The summed E-state index contributed by atoms with van der Waals surface area (Å²) in [7, 11) is 0. The zero-order valence-corrected chi connectivity index (χ0v) is 24.6. The number of para-hydroxylation sites is 1. The molecule has 18 heteroatoms. The number of rotatable bonds is 7. The topological polar surface area (TPSA) is 178 Å². The summed E-state index contributed by atoms with van der Waals surface area (Å²) in [6, 6.07) is 17.1. The standard InChI is InChI=1S/C25H28N4O4.2C2HF3O2/c1-17-13-20(22-6-2-3-7-23(22)26-17)16-33-21-10-8-19(9-11-21)25(31)27-29-12-4-5-18(15-29)14-24(30)28-32;2*3-2(4,5)1(6)7/h2-3,6-11,13,18,32H,4-5,12,14-16H2,1H3,(H,27,31)(H,28,30);2*(H,6,7)/t18-;;/m0../s1. The Morgan fingerprint density at radius 2 is 1.53 bits per heavy atom. The van der Waals surface area contributed by atoms with Gasteiger partial charge >= 0.3 is 24.3 Å². The van der Waals surface area contributed by atoms with Gasteiger partial charge in [0.1, 0.15) is 12.4 Å². The molecule has 0 bridgehead atoms. The lowest BCUT2D eigenvalue weighted by atomic mass is 9.95. The van der Waals surface area contributed by atoms with Gasteiger partial charge in [-0.05, 0) is 62.1 Å². The Morgan fingerprint density at radius 3 is 2.09 bits per heavy atom. The average Bonchev–Trinajstić information content (AvgIpc) is 2.99. The molecule has 256 valence electrons. The van der Waals surface area contributed by atoms with Crippen molar-refractivity contribution in [3.8, 4) is 5.75 Å². The van der Waals surface area contributed by atoms with Crippen molar-refractivity contribution in [1.82, 2.24) is 20.9 Å². The molecule has 1 aliphatic rings. The molecule has 2 amide bonds. The van der Waals surface area contributed by atoms with Crippen LogP contribution in [0, 0.1) is 12.8 Å². The van der Waals surface area contributed by atoms with E-state index in [-0.39, 0.29) is 18.2 Å². The molecule has 0 radical (unpaired) electrons. The molecule has 2 heterocycles. The molecule has 1 atom stereocenters. The summed E-state index contributed by atoms with van der Waals surface area (Å²) in [5, 5.41) is 25.9. The van der Waals surface area contributed by atoms with Crippen molar-refractivity contribution in [2.75, 3.05) is 13.1 Å². The number of hydrazine groups is 1. The number of hydroxylamine groups is 1. The van der Waals surface area contributed by atoms with Crippen LogP contribution in [-0.4, -0.2) is 74.6 Å². The first kappa shape index (κ1) is 38.2. The summed E-state index contributed by atoms with van der Waals surface area (Å²) in [5.41, 5.74) is 8.06. The smallest absolute Gasteiger partial charge is 0.489 e. The number of carboxylic acids is 2. The van der Waals surface area contributed by atoms with Crippen molar-refractivity contribution in [2.45, 2.75) is 45.1 Å². The lowest BCUT2D eigenvalue weighted by Crippen LogP contribution is -2.48. The first-order valence-corrected chi connectivity index (χ1v) is 13.6. The number of carboxylic acid groups (broad SMARTS) is 2. The number of amides is 2. The van der Waals surface area contributed by atoms with E-state index in [4.69, 9.17) is 29.7 Å². The van der Waals surface area contributed by atoms with E-state index in [2.05, 4.69) is 10.4 Å². The summed E-state index contributed by atoms with van der Waals surface area (Å²) < 4.78 is 69.4. The van der Waals surface area contributed by atoms with Crippen LogP contribution in [0.2, 0.25) is 0 Å². The maximum Gasteiger partial charge on any atom is 0.490 e. The number of carbonyl (C=O) groups is 4. The van der Waals surface area contributed by atoms with Crippen LogP contribution in [0.3, 0.4) is 0 Å². The van der Waals surface area contributed by atoms with E-state index < -0.39 is 30.2 Å². The molecule has 2 aromatic carbocycles. The number of ether oxygens (including phenoxy) is 1. The molecule has 3 aromatic rings. The molecule has 4 rings (SSSR count). The van der Waals surface area contributed by atoms with Gasteiger partial charge in [-0.3, -0.25) is 25.2 Å². The second-order valence-electron chi connectivity index (χ2n) is 9.99. The fourth-order valence-corrected chi connectivity index (χ4v) is 4.23. The molecule has 0 saturated carbocycles. The van der Waals surface area contributed by atoms with Crippen LogP contribution < -0.4 is 15.6 Å². The van der Waals surface area contributed by atoms with Gasteiger partial charge in [-0.25, -0.2) is 20.1 Å². The van der Waals surface area contributed by atoms with Gasteiger partial charge in [-0.1, -0.05) is 18.2 Å². The van der Waals surface area contributed by atoms with Gasteiger partial charge in [0, 0.05) is 41.7 Å². The number of halogens is 6. The number of carbonyl (C=O) groups excluding carboxylic acids is 2. The van der Waals surface area contributed by atoms with Gasteiger partial charge in [0.15, 0.2) is 0 Å². The molecular weight excluding hydrogens is 646 g/mol. The first-order valence-electron chi connectivity index (χ1n) is 13.6. The van der Waals surface area contributed by atoms with Gasteiger partial charge in [0.05, 0.1) is 5.52 Å².